The highest BCUT2D eigenvalue weighted by molar-refractivity contribution is 5.86. The topological polar surface area (TPSA) is 331 Å². The number of hydrogen-bond acceptors (Lipinski definition) is 16. The van der Waals surface area contributed by atoms with Crippen molar-refractivity contribution in [2.24, 2.45) is 41.2 Å². The number of nitrogens with one attached hydrogen (secondary N) is 2. The molecular formula is C64H84N12O7. The molecule has 442 valence electrons. The average Bonchev–Trinajstić information content (AvgIpc) is 3.66. The molecule has 0 radical (unpaired) electrons. The third-order valence-corrected chi connectivity index (χ3v) is 15.9. The number of nitrogens with zero attached hydrogens (tertiary/aromatic N) is 9. The van der Waals surface area contributed by atoms with Gasteiger partial charge in [-0.05, 0) is 146 Å². The molecule has 2 amide bonds. The van der Waals surface area contributed by atoms with Gasteiger partial charge in [0.15, 0.2) is 6.10 Å². The fraction of sp³-hybridized carbons (Fsp3) is 0.531. The summed E-state index contributed by atoms with van der Waals surface area (Å²) in [7, 11) is 0. The van der Waals surface area contributed by atoms with E-state index in [2.05, 4.69) is 79.5 Å². The van der Waals surface area contributed by atoms with Crippen molar-refractivity contribution in [3.8, 4) is 18.2 Å². The number of nitrogens with two attached hydrogens (primary N) is 1. The van der Waals surface area contributed by atoms with Crippen molar-refractivity contribution in [2.75, 3.05) is 0 Å². The fourth-order valence-electron chi connectivity index (χ4n) is 11.8. The monoisotopic (exact) mass is 1130 g/mol. The first-order valence-corrected chi connectivity index (χ1v) is 28.6. The lowest BCUT2D eigenvalue weighted by atomic mass is 9.75. The van der Waals surface area contributed by atoms with Crippen LogP contribution in [-0.4, -0.2) is 105 Å². The number of aliphatic carboxylic acids is 1. The van der Waals surface area contributed by atoms with Gasteiger partial charge in [0.25, 0.3) is 0 Å². The van der Waals surface area contributed by atoms with E-state index in [4.69, 9.17) is 15.9 Å². The molecule has 3 aliphatic rings. The minimum atomic E-state index is -1.21. The molecule has 0 aliphatic heterocycles. The van der Waals surface area contributed by atoms with Crippen LogP contribution in [0.3, 0.4) is 0 Å². The quantitative estimate of drug-likeness (QED) is 0.0635. The third kappa shape index (κ3) is 17.2. The van der Waals surface area contributed by atoms with Crippen molar-refractivity contribution >= 4 is 50.9 Å². The van der Waals surface area contributed by atoms with E-state index in [1.807, 2.05) is 64.1 Å². The number of hydrogen-bond donors (Lipinski definition) is 7. The zero-order valence-electron chi connectivity index (χ0n) is 48.6. The summed E-state index contributed by atoms with van der Waals surface area (Å²) in [5.41, 5.74) is 15.5. The van der Waals surface area contributed by atoms with Crippen LogP contribution in [0, 0.1) is 69.5 Å². The van der Waals surface area contributed by atoms with Crippen LogP contribution in [0.4, 0.5) is 0 Å². The number of fused-ring (bicyclic) bond motifs is 3. The Labute approximate surface area is 488 Å². The fourth-order valence-corrected chi connectivity index (χ4v) is 11.8. The highest BCUT2D eigenvalue weighted by Crippen LogP contribution is 2.41. The Hall–Kier alpha value is -7.60. The number of amides is 2. The van der Waals surface area contributed by atoms with Gasteiger partial charge in [-0.3, -0.25) is 39.5 Å². The Kier molecular flexibility index (Phi) is 24.4. The van der Waals surface area contributed by atoms with E-state index in [-0.39, 0.29) is 67.0 Å². The highest BCUT2D eigenvalue weighted by Gasteiger charge is 2.34. The van der Waals surface area contributed by atoms with E-state index in [9.17, 15) is 40.4 Å². The Balaban J connectivity index is 0.000000214. The van der Waals surface area contributed by atoms with E-state index in [0.717, 1.165) is 85.5 Å². The molecule has 83 heavy (non-hydrogen) atoms. The SMILES string of the molecule is C.CC(C)[C@H](O)C(=O)N[C@@H]1C[C@H](C)C[C@H](c2ccc(C#N)c3nccnc23)C1.CC(C)[C@H](O)C(=O)N[C@H]1C[C@@H](C)C[C@@H](c2ccc(C#N)c3nccnc23)C1.CC(C)[C@H](O)C(=O)O.C[C@H]1C[C@@H](N)C[C@@H](c2ccc(C#N)c3nccnc23)C1. The van der Waals surface area contributed by atoms with Crippen LogP contribution in [0.1, 0.15) is 179 Å². The Morgan fingerprint density at radius 1 is 0.470 bits per heavy atom. The second-order valence-corrected chi connectivity index (χ2v) is 23.8. The standard InChI is InChI=1S/2C21H26N4O2.C16H18N4.C5H10O3.CH4/c2*1-12(2)20(26)21(27)25-16-9-13(3)8-15(10-16)17-5-4-14(11-22)18-19(17)24-7-6-23-18;1-10-6-12(8-13(18)7-10)14-3-2-11(9-17)15-16(14)20-5-4-19-15;1-3(2)4(6)5(7)8;/h2*4-7,12-13,15-16,20,26H,8-10H2,1-3H3,(H,25,27);2-5,10,12-13H,6-8,18H2,1H3;3-4,6H,1-2H3,(H,7,8);1H4/t13-,15+,16-,20+;13-,15+,16-,20-;10-,12+,13-;4-;/m1010./s1. The maximum atomic E-state index is 12.3. The van der Waals surface area contributed by atoms with Gasteiger partial charge in [0.05, 0.1) is 33.2 Å². The molecule has 3 fully saturated rings. The molecule has 19 heteroatoms. The van der Waals surface area contributed by atoms with E-state index < -0.39 is 24.3 Å². The van der Waals surface area contributed by atoms with Crippen molar-refractivity contribution in [1.29, 1.82) is 15.8 Å². The first-order valence-electron chi connectivity index (χ1n) is 28.6. The summed E-state index contributed by atoms with van der Waals surface area (Å²) in [6.07, 6.45) is 15.2. The third-order valence-electron chi connectivity index (χ3n) is 15.9. The maximum absolute atomic E-state index is 12.3. The van der Waals surface area contributed by atoms with Crippen molar-refractivity contribution in [1.82, 2.24) is 40.5 Å². The van der Waals surface area contributed by atoms with Gasteiger partial charge in [-0.25, -0.2) is 4.79 Å². The van der Waals surface area contributed by atoms with Crippen molar-refractivity contribution in [3.05, 3.63) is 107 Å². The minimum Gasteiger partial charge on any atom is -0.479 e. The summed E-state index contributed by atoms with van der Waals surface area (Å²) in [5.74, 6) is 0.197. The summed E-state index contributed by atoms with van der Waals surface area (Å²) in [4.78, 5) is 60.9. The number of rotatable bonds is 11. The number of carbonyl (C=O) groups is 3. The summed E-state index contributed by atoms with van der Waals surface area (Å²) in [6.45, 7) is 17.2. The molecule has 8 N–H and O–H groups in total. The number of carboxylic acid groups (broad SMARTS) is 1. The summed E-state index contributed by atoms with van der Waals surface area (Å²) < 4.78 is 0. The van der Waals surface area contributed by atoms with Crippen LogP contribution in [0.25, 0.3) is 33.1 Å². The molecule has 3 heterocycles. The smallest absolute Gasteiger partial charge is 0.332 e. The predicted molar refractivity (Wildman–Crippen MR) is 319 cm³/mol. The molecule has 3 aromatic carbocycles. The largest absolute Gasteiger partial charge is 0.479 e. The van der Waals surface area contributed by atoms with Gasteiger partial charge in [-0.1, -0.05) is 87.9 Å². The molecule has 19 nitrogen and oxygen atoms in total. The minimum absolute atomic E-state index is 0. The zero-order chi connectivity index (χ0) is 59.9. The Morgan fingerprint density at radius 2 is 0.759 bits per heavy atom. The van der Waals surface area contributed by atoms with Crippen molar-refractivity contribution in [3.63, 3.8) is 0 Å². The Bertz CT molecular complexity index is 3140. The van der Waals surface area contributed by atoms with E-state index in [1.54, 1.807) is 51.0 Å². The van der Waals surface area contributed by atoms with Crippen LogP contribution in [0.15, 0.2) is 73.6 Å². The van der Waals surface area contributed by atoms with Crippen molar-refractivity contribution < 1.29 is 34.8 Å². The van der Waals surface area contributed by atoms with Crippen molar-refractivity contribution in [2.45, 2.75) is 182 Å². The molecule has 3 aliphatic carbocycles. The highest BCUT2D eigenvalue weighted by atomic mass is 16.4. The number of benzene rings is 3. The molecule has 0 bridgehead atoms. The molecule has 3 aromatic heterocycles. The lowest BCUT2D eigenvalue weighted by molar-refractivity contribution is -0.148. The lowest BCUT2D eigenvalue weighted by Gasteiger charge is -2.35. The average molecular weight is 1130 g/mol. The second kappa shape index (κ2) is 30.6. The van der Waals surface area contributed by atoms with Gasteiger partial charge in [0.2, 0.25) is 11.8 Å². The van der Waals surface area contributed by atoms with E-state index >= 15 is 0 Å². The summed E-state index contributed by atoms with van der Waals surface area (Å²) in [5, 5.41) is 70.6. The number of carboxylic acids is 1. The molecule has 9 rings (SSSR count). The van der Waals surface area contributed by atoms with Crippen LogP contribution >= 0.6 is 0 Å². The van der Waals surface area contributed by atoms with Gasteiger partial charge < -0.3 is 36.8 Å². The molecule has 12 atom stereocenters. The first-order chi connectivity index (χ1) is 39.0. The molecule has 0 saturated heterocycles. The molecule has 3 saturated carbocycles. The van der Waals surface area contributed by atoms with Crippen LogP contribution in [-0.2, 0) is 14.4 Å². The molecule has 0 spiro atoms. The van der Waals surface area contributed by atoms with Gasteiger partial charge >= 0.3 is 5.97 Å². The van der Waals surface area contributed by atoms with Crippen LogP contribution < -0.4 is 16.4 Å². The van der Waals surface area contributed by atoms with Gasteiger partial charge in [0, 0.05) is 55.3 Å². The van der Waals surface area contributed by atoms with E-state index in [0.29, 0.717) is 56.9 Å². The second-order valence-electron chi connectivity index (χ2n) is 23.8. The predicted octanol–water partition coefficient (Wildman–Crippen LogP) is 9.27. The normalized spacial score (nSPS) is 23.2. The lowest BCUT2D eigenvalue weighted by Crippen LogP contribution is -2.46. The van der Waals surface area contributed by atoms with Crippen LogP contribution in [0.5, 0.6) is 0 Å². The van der Waals surface area contributed by atoms with Crippen LogP contribution in [0.2, 0.25) is 0 Å². The zero-order valence-corrected chi connectivity index (χ0v) is 48.6. The summed E-state index contributed by atoms with van der Waals surface area (Å²) in [6, 6.07) is 18.3. The number of nitriles is 3. The van der Waals surface area contributed by atoms with E-state index in [1.165, 1.54) is 5.56 Å². The number of aliphatic hydroxyl groups excluding tert-OH is 3. The molecule has 6 aromatic rings. The number of aromatic nitrogens is 6. The molecule has 0 unspecified atom stereocenters. The van der Waals surface area contributed by atoms with Gasteiger partial charge in [0.1, 0.15) is 47.0 Å². The molecular weight excluding hydrogens is 1050 g/mol. The number of carbonyl (C=O) groups excluding carboxylic acids is 2. The Morgan fingerprint density at radius 3 is 1.02 bits per heavy atom. The first kappa shape index (κ1) is 66.2. The van der Waals surface area contributed by atoms with Gasteiger partial charge in [-0.2, -0.15) is 15.8 Å². The number of aliphatic hydroxyl groups is 3. The summed E-state index contributed by atoms with van der Waals surface area (Å²) >= 11 is 0. The maximum Gasteiger partial charge on any atom is 0.332 e. The van der Waals surface area contributed by atoms with Gasteiger partial charge in [-0.15, -0.1) is 0 Å².